The summed E-state index contributed by atoms with van der Waals surface area (Å²) in [5.74, 6) is 0. The van der Waals surface area contributed by atoms with Gasteiger partial charge in [-0.3, -0.25) is 0 Å². The molecule has 4 rings (SSSR count). The van der Waals surface area contributed by atoms with E-state index in [2.05, 4.69) is 162 Å². The first-order chi connectivity index (χ1) is 20.5. The standard InChI is InChI=1S/C42H42/c1-7-16-31(10-4)34-19-13-22-37(25-34)40-28-41(38-23-14-20-35(26-38)32(11-5)17-8-2)30-42(29-40)39-24-15-21-36(27-39)33(12-6)18-9-3/h7,9,11-30H,1,5,8,10H2,2-4,6H3/b18-9-,31-16+,32-17+,33-12+. The maximum absolute atomic E-state index is 4.06. The lowest BCUT2D eigenvalue weighted by molar-refractivity contribution is 1.23. The Balaban J connectivity index is 1.94. The maximum Gasteiger partial charge on any atom is -0.0171 e. The molecule has 0 unspecified atom stereocenters. The second kappa shape index (κ2) is 14.8. The van der Waals surface area contributed by atoms with Crippen molar-refractivity contribution < 1.29 is 0 Å². The van der Waals surface area contributed by atoms with Crippen molar-refractivity contribution >= 4 is 16.7 Å². The summed E-state index contributed by atoms with van der Waals surface area (Å²) in [6, 6.07) is 33.5. The zero-order chi connectivity index (χ0) is 29.9. The van der Waals surface area contributed by atoms with E-state index in [0.717, 1.165) is 12.8 Å². The molecule has 0 atom stereocenters. The molecule has 4 aromatic rings. The first kappa shape index (κ1) is 30.3. The first-order valence-electron chi connectivity index (χ1n) is 15.0. The summed E-state index contributed by atoms with van der Waals surface area (Å²) in [6.45, 7) is 16.5. The van der Waals surface area contributed by atoms with E-state index in [-0.39, 0.29) is 0 Å². The SMILES string of the molecule is C=C/C=C(\CC)c1cccc(-c2cc(-c3cccc(/C(C=C)=C/CC)c3)cc(-c3cccc(C(/C=C\C)=C/C)c3)c2)c1. The van der Waals surface area contributed by atoms with Crippen molar-refractivity contribution in [2.45, 2.75) is 40.5 Å². The van der Waals surface area contributed by atoms with Crippen LogP contribution in [0.5, 0.6) is 0 Å². The van der Waals surface area contributed by atoms with Gasteiger partial charge in [0.05, 0.1) is 0 Å². The summed E-state index contributed by atoms with van der Waals surface area (Å²) in [4.78, 5) is 0. The Labute approximate surface area is 253 Å². The maximum atomic E-state index is 4.06. The molecule has 0 radical (unpaired) electrons. The predicted molar refractivity (Wildman–Crippen MR) is 188 cm³/mol. The molecule has 42 heavy (non-hydrogen) atoms. The Bertz CT molecular complexity index is 1620. The van der Waals surface area contributed by atoms with Crippen LogP contribution in [0.1, 0.15) is 57.2 Å². The lowest BCUT2D eigenvalue weighted by Crippen LogP contribution is -1.90. The Morgan fingerprint density at radius 1 is 0.619 bits per heavy atom. The van der Waals surface area contributed by atoms with Gasteiger partial charge in [-0.1, -0.05) is 124 Å². The van der Waals surface area contributed by atoms with Gasteiger partial charge in [0.2, 0.25) is 0 Å². The number of benzene rings is 4. The van der Waals surface area contributed by atoms with Gasteiger partial charge in [-0.2, -0.15) is 0 Å². The molecule has 0 saturated carbocycles. The van der Waals surface area contributed by atoms with Crippen LogP contribution < -0.4 is 0 Å². The van der Waals surface area contributed by atoms with Crippen molar-refractivity contribution in [1.82, 2.24) is 0 Å². The van der Waals surface area contributed by atoms with Gasteiger partial charge < -0.3 is 0 Å². The van der Waals surface area contributed by atoms with E-state index >= 15 is 0 Å². The summed E-state index contributed by atoms with van der Waals surface area (Å²) < 4.78 is 0. The summed E-state index contributed by atoms with van der Waals surface area (Å²) in [5, 5.41) is 0. The highest BCUT2D eigenvalue weighted by Gasteiger charge is 2.11. The summed E-state index contributed by atoms with van der Waals surface area (Å²) >= 11 is 0. The van der Waals surface area contributed by atoms with Crippen LogP contribution in [0.4, 0.5) is 0 Å². The van der Waals surface area contributed by atoms with E-state index in [1.54, 1.807) is 0 Å². The van der Waals surface area contributed by atoms with Gasteiger partial charge in [-0.05, 0) is 130 Å². The van der Waals surface area contributed by atoms with E-state index < -0.39 is 0 Å². The average Bonchev–Trinajstić information content (AvgIpc) is 3.05. The number of hydrogen-bond acceptors (Lipinski definition) is 0. The number of allylic oxidation sites excluding steroid dienone is 10. The highest BCUT2D eigenvalue weighted by atomic mass is 14.2. The number of rotatable bonds is 11. The Hall–Kier alpha value is -4.68. The average molecular weight is 547 g/mol. The van der Waals surface area contributed by atoms with Crippen molar-refractivity contribution in [3.63, 3.8) is 0 Å². The molecule has 0 amide bonds. The third kappa shape index (κ3) is 7.14. The van der Waals surface area contributed by atoms with Crippen LogP contribution in [-0.2, 0) is 0 Å². The zero-order valence-corrected chi connectivity index (χ0v) is 25.5. The normalized spacial score (nSPS) is 12.5. The van der Waals surface area contributed by atoms with Crippen molar-refractivity contribution in [2.24, 2.45) is 0 Å². The molecule has 0 aliphatic rings. The van der Waals surface area contributed by atoms with E-state index in [0.29, 0.717) is 0 Å². The van der Waals surface area contributed by atoms with E-state index in [9.17, 15) is 0 Å². The highest BCUT2D eigenvalue weighted by molar-refractivity contribution is 5.85. The molecule has 0 saturated heterocycles. The van der Waals surface area contributed by atoms with Gasteiger partial charge in [0, 0.05) is 0 Å². The van der Waals surface area contributed by atoms with Gasteiger partial charge in [-0.15, -0.1) is 0 Å². The fourth-order valence-corrected chi connectivity index (χ4v) is 5.42. The third-order valence-electron chi connectivity index (χ3n) is 7.56. The molecule has 0 heteroatoms. The first-order valence-corrected chi connectivity index (χ1v) is 15.0. The molecule has 0 bridgehead atoms. The molecule has 0 fully saturated rings. The quantitative estimate of drug-likeness (QED) is 0.164. The second-order valence-electron chi connectivity index (χ2n) is 10.3. The van der Waals surface area contributed by atoms with E-state index in [1.807, 2.05) is 12.2 Å². The summed E-state index contributed by atoms with van der Waals surface area (Å²) in [6.07, 6.45) is 16.5. The van der Waals surface area contributed by atoms with Crippen LogP contribution >= 0.6 is 0 Å². The molecule has 0 spiro atoms. The van der Waals surface area contributed by atoms with Crippen LogP contribution in [0.25, 0.3) is 50.1 Å². The summed E-state index contributed by atoms with van der Waals surface area (Å²) in [7, 11) is 0. The Morgan fingerprint density at radius 2 is 1.12 bits per heavy atom. The van der Waals surface area contributed by atoms with E-state index in [1.165, 1.54) is 66.8 Å². The number of hydrogen-bond donors (Lipinski definition) is 0. The molecule has 0 aliphatic carbocycles. The van der Waals surface area contributed by atoms with Gasteiger partial charge in [-0.25, -0.2) is 0 Å². The minimum Gasteiger partial charge on any atom is -0.0991 e. The van der Waals surface area contributed by atoms with Crippen LogP contribution in [-0.4, -0.2) is 0 Å². The van der Waals surface area contributed by atoms with Gasteiger partial charge >= 0.3 is 0 Å². The molecular formula is C42H42. The molecule has 0 aromatic heterocycles. The Kier molecular flexibility index (Phi) is 10.7. The zero-order valence-electron chi connectivity index (χ0n) is 25.5. The largest absolute Gasteiger partial charge is 0.0991 e. The molecule has 0 N–H and O–H groups in total. The smallest absolute Gasteiger partial charge is 0.0171 e. The van der Waals surface area contributed by atoms with Gasteiger partial charge in [0.1, 0.15) is 0 Å². The van der Waals surface area contributed by atoms with Crippen LogP contribution in [0.2, 0.25) is 0 Å². The van der Waals surface area contributed by atoms with Crippen molar-refractivity contribution in [3.8, 4) is 33.4 Å². The van der Waals surface area contributed by atoms with E-state index in [4.69, 9.17) is 0 Å². The second-order valence-corrected chi connectivity index (χ2v) is 10.3. The van der Waals surface area contributed by atoms with Crippen molar-refractivity contribution in [1.29, 1.82) is 0 Å². The lowest BCUT2D eigenvalue weighted by atomic mass is 9.90. The summed E-state index contributed by atoms with van der Waals surface area (Å²) in [5.41, 5.74) is 14.5. The Morgan fingerprint density at radius 3 is 1.55 bits per heavy atom. The lowest BCUT2D eigenvalue weighted by Gasteiger charge is -2.14. The molecule has 210 valence electrons. The fourth-order valence-electron chi connectivity index (χ4n) is 5.42. The molecule has 4 aromatic carbocycles. The van der Waals surface area contributed by atoms with Crippen molar-refractivity contribution in [3.05, 3.63) is 163 Å². The molecular weight excluding hydrogens is 504 g/mol. The minimum atomic E-state index is 0.955. The van der Waals surface area contributed by atoms with Crippen LogP contribution in [0, 0.1) is 0 Å². The highest BCUT2D eigenvalue weighted by Crippen LogP contribution is 2.36. The molecule has 0 heterocycles. The van der Waals surface area contributed by atoms with Gasteiger partial charge in [0.15, 0.2) is 0 Å². The van der Waals surface area contributed by atoms with Crippen molar-refractivity contribution in [2.75, 3.05) is 0 Å². The molecule has 0 nitrogen and oxygen atoms in total. The van der Waals surface area contributed by atoms with Gasteiger partial charge in [0.25, 0.3) is 0 Å². The predicted octanol–water partition coefficient (Wildman–Crippen LogP) is 12.6. The van der Waals surface area contributed by atoms with Crippen LogP contribution in [0.15, 0.2) is 147 Å². The third-order valence-corrected chi connectivity index (χ3v) is 7.56. The fraction of sp³-hybridized carbons (Fsp3) is 0.143. The van der Waals surface area contributed by atoms with Crippen LogP contribution in [0.3, 0.4) is 0 Å². The minimum absolute atomic E-state index is 0.955. The monoisotopic (exact) mass is 546 g/mol. The molecule has 0 aliphatic heterocycles. The topological polar surface area (TPSA) is 0 Å².